The zero-order valence-electron chi connectivity index (χ0n) is 9.25. The molecule has 0 radical (unpaired) electrons. The fraction of sp³-hybridized carbons (Fsp3) is 0.667. The van der Waals surface area contributed by atoms with Crippen molar-refractivity contribution in [2.45, 2.75) is 37.4 Å². The van der Waals surface area contributed by atoms with Gasteiger partial charge in [0, 0.05) is 0 Å². The van der Waals surface area contributed by atoms with E-state index in [1.807, 2.05) is 0 Å². The van der Waals surface area contributed by atoms with Crippen molar-refractivity contribution in [3.63, 3.8) is 0 Å². The Balaban J connectivity index is 2.06. The highest BCUT2D eigenvalue weighted by Crippen LogP contribution is 2.34. The lowest BCUT2D eigenvalue weighted by Gasteiger charge is -2.20. The average molecular weight is 280 g/mol. The van der Waals surface area contributed by atoms with Crippen molar-refractivity contribution >= 4 is 22.4 Å². The van der Waals surface area contributed by atoms with Crippen LogP contribution >= 0.6 is 11.3 Å². The molecule has 0 aliphatic heterocycles. The second-order valence-corrected chi connectivity index (χ2v) is 5.21. The lowest BCUT2D eigenvalue weighted by molar-refractivity contribution is -0.138. The smallest absolute Gasteiger partial charge is 0.317 e. The minimum absolute atomic E-state index is 0.177. The van der Waals surface area contributed by atoms with Gasteiger partial charge < -0.3 is 5.73 Å². The Morgan fingerprint density at radius 3 is 2.44 bits per heavy atom. The van der Waals surface area contributed by atoms with E-state index in [1.54, 1.807) is 0 Å². The Kier molecular flexibility index (Phi) is 3.28. The molecule has 1 saturated carbocycles. The van der Waals surface area contributed by atoms with E-state index in [0.29, 0.717) is 24.2 Å². The van der Waals surface area contributed by atoms with Gasteiger partial charge in [-0.15, -0.1) is 10.2 Å². The van der Waals surface area contributed by atoms with Crippen LogP contribution in [0.3, 0.4) is 0 Å². The fourth-order valence-electron chi connectivity index (χ4n) is 1.84. The van der Waals surface area contributed by atoms with E-state index in [-0.39, 0.29) is 5.13 Å². The maximum atomic E-state index is 12.3. The van der Waals surface area contributed by atoms with Crippen LogP contribution in [0, 0.1) is 0 Å². The van der Waals surface area contributed by atoms with Crippen LogP contribution < -0.4 is 11.1 Å². The Labute approximate surface area is 105 Å². The number of rotatable bonds is 2. The third kappa shape index (κ3) is 2.61. The first kappa shape index (κ1) is 13.2. The molecule has 18 heavy (non-hydrogen) atoms. The van der Waals surface area contributed by atoms with Crippen LogP contribution in [0.5, 0.6) is 0 Å². The molecule has 0 unspecified atom stereocenters. The van der Waals surface area contributed by atoms with Gasteiger partial charge in [0.15, 0.2) is 0 Å². The zero-order valence-corrected chi connectivity index (χ0v) is 10.1. The number of carbonyl (C=O) groups excluding carboxylic acids is 1. The predicted octanol–water partition coefficient (Wildman–Crippen LogP) is 1.77. The first-order valence-corrected chi connectivity index (χ1v) is 6.14. The van der Waals surface area contributed by atoms with Crippen molar-refractivity contribution in [1.29, 1.82) is 0 Å². The van der Waals surface area contributed by atoms with E-state index >= 15 is 0 Å². The first-order valence-electron chi connectivity index (χ1n) is 5.32. The molecule has 0 saturated heterocycles. The molecule has 2 rings (SSSR count). The van der Waals surface area contributed by atoms with Crippen molar-refractivity contribution in [1.82, 2.24) is 10.2 Å². The summed E-state index contributed by atoms with van der Waals surface area (Å²) in [7, 11) is 0. The van der Waals surface area contributed by atoms with Gasteiger partial charge in [-0.25, -0.2) is 0 Å². The third-order valence-corrected chi connectivity index (χ3v) is 3.72. The summed E-state index contributed by atoms with van der Waals surface area (Å²) < 4.78 is 36.9. The second-order valence-electron chi connectivity index (χ2n) is 4.23. The molecule has 1 heterocycles. The Bertz CT molecular complexity index is 453. The average Bonchev–Trinajstić information content (AvgIpc) is 2.86. The van der Waals surface area contributed by atoms with Gasteiger partial charge in [-0.05, 0) is 12.8 Å². The highest BCUT2D eigenvalue weighted by atomic mass is 32.1. The van der Waals surface area contributed by atoms with Gasteiger partial charge in [-0.2, -0.15) is 13.2 Å². The van der Waals surface area contributed by atoms with E-state index in [2.05, 4.69) is 15.5 Å². The van der Waals surface area contributed by atoms with Crippen LogP contribution in [0.2, 0.25) is 0 Å². The minimum Gasteiger partial charge on any atom is -0.317 e. The Morgan fingerprint density at radius 1 is 1.33 bits per heavy atom. The summed E-state index contributed by atoms with van der Waals surface area (Å²) in [6.07, 6.45) is -1.80. The zero-order chi connectivity index (χ0) is 13.4. The molecule has 0 aromatic carbocycles. The van der Waals surface area contributed by atoms with Crippen LogP contribution in [0.4, 0.5) is 18.3 Å². The first-order chi connectivity index (χ1) is 8.31. The number of hydrogen-bond donors (Lipinski definition) is 2. The predicted molar refractivity (Wildman–Crippen MR) is 58.9 cm³/mol. The monoisotopic (exact) mass is 280 g/mol. The fourth-order valence-corrected chi connectivity index (χ4v) is 2.45. The number of nitrogens with zero attached hydrogens (tertiary/aromatic N) is 2. The van der Waals surface area contributed by atoms with Crippen molar-refractivity contribution in [3.8, 4) is 0 Å². The molecule has 0 atom stereocenters. The molecule has 1 aliphatic carbocycles. The van der Waals surface area contributed by atoms with Gasteiger partial charge >= 0.3 is 6.18 Å². The number of hydrogen-bond acceptors (Lipinski definition) is 5. The molecule has 1 aliphatic rings. The SMILES string of the molecule is NC1(C(=O)Nc2nnc(C(F)(F)F)s2)CCCC1. The molecular formula is C9H11F3N4OS. The van der Waals surface area contributed by atoms with Gasteiger partial charge in [-0.1, -0.05) is 24.2 Å². The van der Waals surface area contributed by atoms with Crippen molar-refractivity contribution in [2.75, 3.05) is 5.32 Å². The number of amides is 1. The molecule has 0 bridgehead atoms. The van der Waals surface area contributed by atoms with Crippen LogP contribution in [-0.4, -0.2) is 21.6 Å². The molecule has 5 nitrogen and oxygen atoms in total. The molecule has 9 heteroatoms. The summed E-state index contributed by atoms with van der Waals surface area (Å²) in [5.74, 6) is -0.495. The standard InChI is InChI=1S/C9H11F3N4OS/c10-9(11,12)6-15-16-7(18-6)14-5(17)8(13)3-1-2-4-8/h1-4,13H2,(H,14,16,17). The number of aromatic nitrogens is 2. The van der Waals surface area contributed by atoms with E-state index in [4.69, 9.17) is 5.73 Å². The Morgan fingerprint density at radius 2 is 1.94 bits per heavy atom. The van der Waals surface area contributed by atoms with E-state index in [1.165, 1.54) is 0 Å². The molecule has 0 spiro atoms. The molecular weight excluding hydrogens is 269 g/mol. The quantitative estimate of drug-likeness (QED) is 0.865. The van der Waals surface area contributed by atoms with Crippen LogP contribution in [-0.2, 0) is 11.0 Å². The molecule has 100 valence electrons. The van der Waals surface area contributed by atoms with Crippen molar-refractivity contribution in [3.05, 3.63) is 5.01 Å². The lowest BCUT2D eigenvalue weighted by atomic mass is 9.98. The maximum absolute atomic E-state index is 12.3. The summed E-state index contributed by atoms with van der Waals surface area (Å²) in [4.78, 5) is 11.8. The third-order valence-electron chi connectivity index (χ3n) is 2.84. The number of carbonyl (C=O) groups is 1. The van der Waals surface area contributed by atoms with E-state index in [9.17, 15) is 18.0 Å². The lowest BCUT2D eigenvalue weighted by Crippen LogP contribution is -2.48. The van der Waals surface area contributed by atoms with E-state index in [0.717, 1.165) is 12.8 Å². The number of nitrogens with one attached hydrogen (secondary N) is 1. The molecule has 1 amide bonds. The Hall–Kier alpha value is -1.22. The van der Waals surface area contributed by atoms with Gasteiger partial charge in [0.1, 0.15) is 0 Å². The summed E-state index contributed by atoms with van der Waals surface area (Å²) in [5, 5.41) is 7.30. The van der Waals surface area contributed by atoms with Gasteiger partial charge in [0.25, 0.3) is 0 Å². The highest BCUT2D eigenvalue weighted by Gasteiger charge is 2.39. The maximum Gasteiger partial charge on any atom is 0.445 e. The van der Waals surface area contributed by atoms with Crippen LogP contribution in [0.15, 0.2) is 0 Å². The summed E-state index contributed by atoms with van der Waals surface area (Å²) in [6.45, 7) is 0. The van der Waals surface area contributed by atoms with Crippen LogP contribution in [0.1, 0.15) is 30.7 Å². The number of alkyl halides is 3. The molecule has 1 aromatic rings. The largest absolute Gasteiger partial charge is 0.445 e. The summed E-state index contributed by atoms with van der Waals surface area (Å²) >= 11 is 0.291. The second kappa shape index (κ2) is 4.47. The minimum atomic E-state index is -4.55. The van der Waals surface area contributed by atoms with E-state index < -0.39 is 22.6 Å². The summed E-state index contributed by atoms with van der Waals surface area (Å²) in [6, 6.07) is 0. The number of anilines is 1. The topological polar surface area (TPSA) is 80.9 Å². The molecule has 1 aromatic heterocycles. The number of nitrogens with two attached hydrogens (primary N) is 1. The van der Waals surface area contributed by atoms with Crippen molar-refractivity contribution < 1.29 is 18.0 Å². The van der Waals surface area contributed by atoms with Gasteiger partial charge in [0.2, 0.25) is 16.0 Å². The highest BCUT2D eigenvalue weighted by molar-refractivity contribution is 7.15. The van der Waals surface area contributed by atoms with Gasteiger partial charge in [0.05, 0.1) is 5.54 Å². The molecule has 3 N–H and O–H groups in total. The normalized spacial score (nSPS) is 18.9. The van der Waals surface area contributed by atoms with Gasteiger partial charge in [-0.3, -0.25) is 10.1 Å². The molecule has 1 fully saturated rings. The summed E-state index contributed by atoms with van der Waals surface area (Å²) in [5.41, 5.74) is 4.87. The van der Waals surface area contributed by atoms with Crippen molar-refractivity contribution in [2.24, 2.45) is 5.73 Å². The van der Waals surface area contributed by atoms with Crippen LogP contribution in [0.25, 0.3) is 0 Å². The number of halogens is 3.